The number of carbonyl (C=O) groups is 1. The molecule has 1 saturated heterocycles. The van der Waals surface area contributed by atoms with Crippen LogP contribution in [-0.4, -0.2) is 44.1 Å². The molecular formula is C15H22ClFN2O2. The zero-order valence-corrected chi connectivity index (χ0v) is 13.0. The molecule has 0 saturated carbocycles. The number of likely N-dealkylation sites (N-methyl/N-ethyl adjacent to an activating group) is 1. The van der Waals surface area contributed by atoms with Gasteiger partial charge in [-0.3, -0.25) is 4.79 Å². The highest BCUT2D eigenvalue weighted by atomic mass is 35.5. The van der Waals surface area contributed by atoms with Crippen molar-refractivity contribution in [3.63, 3.8) is 0 Å². The first-order valence-corrected chi connectivity index (χ1v) is 6.99. The lowest BCUT2D eigenvalue weighted by atomic mass is 10.0. The van der Waals surface area contributed by atoms with Gasteiger partial charge < -0.3 is 15.0 Å². The number of nitrogens with zero attached hydrogens (tertiary/aromatic N) is 1. The van der Waals surface area contributed by atoms with E-state index in [1.807, 2.05) is 0 Å². The van der Waals surface area contributed by atoms with Crippen LogP contribution >= 0.6 is 12.4 Å². The summed E-state index contributed by atoms with van der Waals surface area (Å²) < 4.78 is 18.7. The van der Waals surface area contributed by atoms with Crippen LogP contribution in [-0.2, 0) is 4.79 Å². The molecule has 1 aromatic rings. The molecule has 0 radical (unpaired) electrons. The number of para-hydroxylation sites is 1. The van der Waals surface area contributed by atoms with Crippen LogP contribution in [0.5, 0.6) is 5.75 Å². The molecule has 1 fully saturated rings. The second-order valence-electron chi connectivity index (χ2n) is 5.16. The summed E-state index contributed by atoms with van der Waals surface area (Å²) in [5.41, 5.74) is 0. The molecule has 1 unspecified atom stereocenters. The van der Waals surface area contributed by atoms with Crippen molar-refractivity contribution in [1.82, 2.24) is 10.2 Å². The average Bonchev–Trinajstić information content (AvgIpc) is 2.93. The Kier molecular flexibility index (Phi) is 7.47. The lowest BCUT2D eigenvalue weighted by Crippen LogP contribution is -2.32. The second kappa shape index (κ2) is 8.85. The highest BCUT2D eigenvalue weighted by Crippen LogP contribution is 2.16. The molecule has 0 aromatic heterocycles. The maximum Gasteiger partial charge on any atom is 0.222 e. The van der Waals surface area contributed by atoms with E-state index in [4.69, 9.17) is 4.74 Å². The van der Waals surface area contributed by atoms with Gasteiger partial charge in [-0.05, 0) is 37.6 Å². The smallest absolute Gasteiger partial charge is 0.222 e. The van der Waals surface area contributed by atoms with Crippen molar-refractivity contribution in [2.75, 3.05) is 33.3 Å². The molecule has 2 rings (SSSR count). The second-order valence-corrected chi connectivity index (χ2v) is 5.16. The molecule has 6 heteroatoms. The molecule has 1 heterocycles. The predicted octanol–water partition coefficient (Wildman–Crippen LogP) is 2.08. The van der Waals surface area contributed by atoms with E-state index >= 15 is 0 Å². The van der Waals surface area contributed by atoms with Crippen LogP contribution in [0.15, 0.2) is 24.3 Å². The zero-order chi connectivity index (χ0) is 14.4. The predicted molar refractivity (Wildman–Crippen MR) is 82.4 cm³/mol. The van der Waals surface area contributed by atoms with Crippen molar-refractivity contribution >= 4 is 18.3 Å². The number of amides is 1. The Morgan fingerprint density at radius 2 is 2.24 bits per heavy atom. The van der Waals surface area contributed by atoms with Crippen molar-refractivity contribution < 1.29 is 13.9 Å². The van der Waals surface area contributed by atoms with Crippen LogP contribution in [0.1, 0.15) is 12.8 Å². The van der Waals surface area contributed by atoms with Crippen LogP contribution in [0.4, 0.5) is 4.39 Å². The number of halogens is 2. The van der Waals surface area contributed by atoms with Gasteiger partial charge in [-0.2, -0.15) is 0 Å². The minimum atomic E-state index is -0.376. The van der Waals surface area contributed by atoms with Gasteiger partial charge in [-0.1, -0.05) is 12.1 Å². The molecule has 1 atom stereocenters. The monoisotopic (exact) mass is 316 g/mol. The Hall–Kier alpha value is -1.33. The van der Waals surface area contributed by atoms with Crippen molar-refractivity contribution in [3.05, 3.63) is 30.1 Å². The average molecular weight is 317 g/mol. The van der Waals surface area contributed by atoms with Crippen molar-refractivity contribution in [2.24, 2.45) is 5.92 Å². The van der Waals surface area contributed by atoms with Gasteiger partial charge in [0.25, 0.3) is 0 Å². The summed E-state index contributed by atoms with van der Waals surface area (Å²) in [6, 6.07) is 6.28. The maximum atomic E-state index is 13.3. The molecule has 21 heavy (non-hydrogen) atoms. The standard InChI is InChI=1S/C15H21FN2O2.ClH/c1-18(15(19)10-12-6-7-17-11-12)8-9-20-14-5-3-2-4-13(14)16;/h2-5,12,17H,6-11H2,1H3;1H. The van der Waals surface area contributed by atoms with E-state index in [9.17, 15) is 9.18 Å². The summed E-state index contributed by atoms with van der Waals surface area (Å²) in [5.74, 6) is 0.417. The SMILES string of the molecule is CN(CCOc1ccccc1F)C(=O)CC1CCNC1.Cl. The van der Waals surface area contributed by atoms with E-state index in [1.165, 1.54) is 6.07 Å². The van der Waals surface area contributed by atoms with Crippen LogP contribution in [0.2, 0.25) is 0 Å². The van der Waals surface area contributed by atoms with Gasteiger partial charge in [0.1, 0.15) is 6.61 Å². The van der Waals surface area contributed by atoms with Gasteiger partial charge in [0.15, 0.2) is 11.6 Å². The number of hydrogen-bond donors (Lipinski definition) is 1. The van der Waals surface area contributed by atoms with Gasteiger partial charge in [-0.25, -0.2) is 4.39 Å². The zero-order valence-electron chi connectivity index (χ0n) is 12.2. The molecule has 1 aliphatic heterocycles. The highest BCUT2D eigenvalue weighted by molar-refractivity contribution is 5.85. The number of hydrogen-bond acceptors (Lipinski definition) is 3. The van der Waals surface area contributed by atoms with E-state index < -0.39 is 0 Å². The Morgan fingerprint density at radius 3 is 2.90 bits per heavy atom. The molecule has 1 aromatic carbocycles. The number of benzene rings is 1. The lowest BCUT2D eigenvalue weighted by Gasteiger charge is -2.19. The van der Waals surface area contributed by atoms with Crippen LogP contribution in [0.25, 0.3) is 0 Å². The fourth-order valence-electron chi connectivity index (χ4n) is 2.27. The summed E-state index contributed by atoms with van der Waals surface area (Å²) in [6.45, 7) is 2.68. The molecule has 4 nitrogen and oxygen atoms in total. The quantitative estimate of drug-likeness (QED) is 0.873. The molecular weight excluding hydrogens is 295 g/mol. The van der Waals surface area contributed by atoms with Gasteiger partial charge >= 0.3 is 0 Å². The molecule has 118 valence electrons. The summed E-state index contributed by atoms with van der Waals surface area (Å²) in [6.07, 6.45) is 1.63. The third-order valence-corrected chi connectivity index (χ3v) is 3.57. The Morgan fingerprint density at radius 1 is 1.48 bits per heavy atom. The number of carbonyl (C=O) groups excluding carboxylic acids is 1. The summed E-state index contributed by atoms with van der Waals surface area (Å²) in [4.78, 5) is 13.6. The molecule has 1 aliphatic rings. The Labute approximate surface area is 131 Å². The summed E-state index contributed by atoms with van der Waals surface area (Å²) in [7, 11) is 1.76. The minimum absolute atomic E-state index is 0. The van der Waals surface area contributed by atoms with Gasteiger partial charge in [0.2, 0.25) is 5.91 Å². The molecule has 0 spiro atoms. The van der Waals surface area contributed by atoms with E-state index in [-0.39, 0.29) is 29.9 Å². The fourth-order valence-corrected chi connectivity index (χ4v) is 2.27. The van der Waals surface area contributed by atoms with Gasteiger partial charge in [0, 0.05) is 13.5 Å². The first-order chi connectivity index (χ1) is 9.66. The highest BCUT2D eigenvalue weighted by Gasteiger charge is 2.20. The Bertz CT molecular complexity index is 453. The van der Waals surface area contributed by atoms with Gasteiger partial charge in [0.05, 0.1) is 6.54 Å². The first-order valence-electron chi connectivity index (χ1n) is 6.99. The topological polar surface area (TPSA) is 41.6 Å². The third kappa shape index (κ3) is 5.52. The molecule has 0 bridgehead atoms. The number of nitrogens with one attached hydrogen (secondary N) is 1. The Balaban J connectivity index is 0.00000220. The van der Waals surface area contributed by atoms with Crippen LogP contribution in [0.3, 0.4) is 0 Å². The normalized spacial score (nSPS) is 17.1. The van der Waals surface area contributed by atoms with Crippen molar-refractivity contribution in [1.29, 1.82) is 0 Å². The summed E-state index contributed by atoms with van der Waals surface area (Å²) >= 11 is 0. The van der Waals surface area contributed by atoms with Crippen molar-refractivity contribution in [3.8, 4) is 5.75 Å². The van der Waals surface area contributed by atoms with E-state index in [2.05, 4.69) is 5.32 Å². The van der Waals surface area contributed by atoms with Crippen molar-refractivity contribution in [2.45, 2.75) is 12.8 Å². The van der Waals surface area contributed by atoms with E-state index in [0.717, 1.165) is 19.5 Å². The number of ether oxygens (including phenoxy) is 1. The van der Waals surface area contributed by atoms with E-state index in [0.29, 0.717) is 25.5 Å². The lowest BCUT2D eigenvalue weighted by molar-refractivity contribution is -0.131. The van der Waals surface area contributed by atoms with E-state index in [1.54, 1.807) is 30.1 Å². The first kappa shape index (κ1) is 17.7. The molecule has 0 aliphatic carbocycles. The molecule has 1 amide bonds. The minimum Gasteiger partial charge on any atom is -0.489 e. The van der Waals surface area contributed by atoms with Crippen LogP contribution < -0.4 is 10.1 Å². The maximum absolute atomic E-state index is 13.3. The fraction of sp³-hybridized carbons (Fsp3) is 0.533. The largest absolute Gasteiger partial charge is 0.489 e. The van der Waals surface area contributed by atoms with Gasteiger partial charge in [-0.15, -0.1) is 12.4 Å². The number of rotatable bonds is 6. The molecule has 1 N–H and O–H groups in total. The summed E-state index contributed by atoms with van der Waals surface area (Å²) in [5, 5.41) is 3.25. The third-order valence-electron chi connectivity index (χ3n) is 3.57. The van der Waals surface area contributed by atoms with Crippen LogP contribution in [0, 0.1) is 11.7 Å².